The van der Waals surface area contributed by atoms with Gasteiger partial charge in [0.1, 0.15) is 0 Å². The number of hydrogen-bond acceptors (Lipinski definition) is 4. The van der Waals surface area contributed by atoms with Gasteiger partial charge in [0.15, 0.2) is 0 Å². The second-order valence-electron chi connectivity index (χ2n) is 4.21. The number of rotatable bonds is 7. The Morgan fingerprint density at radius 1 is 1.59 bits per heavy atom. The predicted molar refractivity (Wildman–Crippen MR) is 63.7 cm³/mol. The zero-order valence-electron chi connectivity index (χ0n) is 10.4. The number of nitrogens with zero attached hydrogens (tertiary/aromatic N) is 1. The van der Waals surface area contributed by atoms with E-state index in [0.717, 1.165) is 18.4 Å². The first-order chi connectivity index (χ1) is 8.19. The van der Waals surface area contributed by atoms with Crippen molar-refractivity contribution in [3.8, 4) is 0 Å². The highest BCUT2D eigenvalue weighted by Crippen LogP contribution is 2.10. The quantitative estimate of drug-likeness (QED) is 0.757. The molecule has 0 saturated heterocycles. The Labute approximate surface area is 101 Å². The molecule has 96 valence electrons. The summed E-state index contributed by atoms with van der Waals surface area (Å²) in [5.74, 6) is 0.348. The van der Waals surface area contributed by atoms with E-state index in [9.17, 15) is 4.79 Å². The molecule has 0 aliphatic rings. The van der Waals surface area contributed by atoms with Gasteiger partial charge in [-0.1, -0.05) is 18.5 Å². The molecule has 1 aromatic rings. The van der Waals surface area contributed by atoms with E-state index in [2.05, 4.69) is 17.4 Å². The van der Waals surface area contributed by atoms with Crippen molar-refractivity contribution in [1.82, 2.24) is 10.5 Å². The summed E-state index contributed by atoms with van der Waals surface area (Å²) < 4.78 is 4.87. The van der Waals surface area contributed by atoms with Crippen LogP contribution < -0.4 is 5.32 Å². The Morgan fingerprint density at radius 2 is 2.35 bits per heavy atom. The van der Waals surface area contributed by atoms with Gasteiger partial charge in [-0.3, -0.25) is 4.79 Å². The first-order valence-corrected chi connectivity index (χ1v) is 5.99. The molecule has 1 atom stereocenters. The first-order valence-electron chi connectivity index (χ1n) is 5.99. The van der Waals surface area contributed by atoms with Crippen molar-refractivity contribution in [1.29, 1.82) is 0 Å². The van der Waals surface area contributed by atoms with Crippen molar-refractivity contribution in [3.05, 3.63) is 17.5 Å². The molecular weight excluding hydrogens is 220 g/mol. The molecule has 0 aliphatic carbocycles. The van der Waals surface area contributed by atoms with Gasteiger partial charge in [0.25, 0.3) is 5.91 Å². The molecular formula is C12H20N2O3. The van der Waals surface area contributed by atoms with Gasteiger partial charge in [0.05, 0.1) is 6.20 Å². The minimum atomic E-state index is -0.237. The Bertz CT molecular complexity index is 343. The molecule has 2 N–H and O–H groups in total. The van der Waals surface area contributed by atoms with Crippen LogP contribution in [0.25, 0.3) is 0 Å². The molecule has 5 nitrogen and oxygen atoms in total. The Hall–Kier alpha value is -1.36. The summed E-state index contributed by atoms with van der Waals surface area (Å²) in [5, 5.41) is 15.3. The van der Waals surface area contributed by atoms with Crippen molar-refractivity contribution < 1.29 is 14.4 Å². The number of aliphatic hydroxyl groups is 1. The normalized spacial score (nSPS) is 12.4. The number of aliphatic hydroxyl groups excluding tert-OH is 1. The Morgan fingerprint density at radius 3 is 2.88 bits per heavy atom. The molecule has 17 heavy (non-hydrogen) atoms. The summed E-state index contributed by atoms with van der Waals surface area (Å²) in [7, 11) is 0. The maximum Gasteiger partial charge on any atom is 0.290 e. The lowest BCUT2D eigenvalue weighted by atomic mass is 10.0. The second-order valence-corrected chi connectivity index (χ2v) is 4.21. The molecule has 1 rings (SSSR count). The predicted octanol–water partition coefficient (Wildman–Crippen LogP) is 1.51. The number of hydrogen-bond donors (Lipinski definition) is 2. The molecule has 1 amide bonds. The van der Waals surface area contributed by atoms with Crippen LogP contribution in [0.4, 0.5) is 0 Å². The van der Waals surface area contributed by atoms with E-state index in [1.807, 2.05) is 0 Å². The zero-order valence-corrected chi connectivity index (χ0v) is 10.4. The van der Waals surface area contributed by atoms with Crippen molar-refractivity contribution in [2.24, 2.45) is 5.92 Å². The van der Waals surface area contributed by atoms with Gasteiger partial charge < -0.3 is 14.9 Å². The summed E-state index contributed by atoms with van der Waals surface area (Å²) in [6.07, 6.45) is 4.27. The summed E-state index contributed by atoms with van der Waals surface area (Å²) >= 11 is 0. The summed E-state index contributed by atoms with van der Waals surface area (Å²) in [6, 6.07) is 0. The first kappa shape index (κ1) is 13.7. The fraction of sp³-hybridized carbons (Fsp3) is 0.667. The standard InChI is InChI=1S/C12H20N2O3/c1-3-4-10(5-6-15)8-13-12(16)11-9(2)7-14-17-11/h7,10,15H,3-6,8H2,1-2H3,(H,13,16). The minimum absolute atomic E-state index is 0.155. The fourth-order valence-corrected chi connectivity index (χ4v) is 1.77. The third-order valence-electron chi connectivity index (χ3n) is 2.74. The molecule has 0 aromatic carbocycles. The van der Waals surface area contributed by atoms with Crippen LogP contribution in [-0.2, 0) is 0 Å². The largest absolute Gasteiger partial charge is 0.396 e. The van der Waals surface area contributed by atoms with Crippen LogP contribution >= 0.6 is 0 Å². The van der Waals surface area contributed by atoms with Crippen LogP contribution in [0.3, 0.4) is 0 Å². The third kappa shape index (κ3) is 4.19. The molecule has 1 heterocycles. The van der Waals surface area contributed by atoms with Gasteiger partial charge in [0.2, 0.25) is 5.76 Å². The summed E-state index contributed by atoms with van der Waals surface area (Å²) in [5.41, 5.74) is 0.733. The van der Waals surface area contributed by atoms with Crippen LogP contribution in [0, 0.1) is 12.8 Å². The highest BCUT2D eigenvalue weighted by molar-refractivity contribution is 5.92. The number of aryl methyl sites for hydroxylation is 1. The van der Waals surface area contributed by atoms with Gasteiger partial charge in [-0.2, -0.15) is 0 Å². The number of carbonyl (C=O) groups excluding carboxylic acids is 1. The van der Waals surface area contributed by atoms with Crippen LogP contribution in [0.2, 0.25) is 0 Å². The zero-order chi connectivity index (χ0) is 12.7. The number of amides is 1. The van der Waals surface area contributed by atoms with Crippen LogP contribution in [0.5, 0.6) is 0 Å². The highest BCUT2D eigenvalue weighted by atomic mass is 16.5. The lowest BCUT2D eigenvalue weighted by Gasteiger charge is -2.14. The smallest absolute Gasteiger partial charge is 0.290 e. The molecule has 1 aromatic heterocycles. The van der Waals surface area contributed by atoms with Gasteiger partial charge in [0, 0.05) is 18.7 Å². The van der Waals surface area contributed by atoms with Crippen LogP contribution in [0.15, 0.2) is 10.7 Å². The number of carbonyl (C=O) groups is 1. The lowest BCUT2D eigenvalue weighted by Crippen LogP contribution is -2.29. The second kappa shape index (κ2) is 7.06. The monoisotopic (exact) mass is 240 g/mol. The molecule has 0 spiro atoms. The third-order valence-corrected chi connectivity index (χ3v) is 2.74. The van der Waals surface area contributed by atoms with Crippen LogP contribution in [-0.4, -0.2) is 29.3 Å². The van der Waals surface area contributed by atoms with E-state index < -0.39 is 0 Å². The highest BCUT2D eigenvalue weighted by Gasteiger charge is 2.15. The van der Waals surface area contributed by atoms with Crippen molar-refractivity contribution >= 4 is 5.91 Å². The van der Waals surface area contributed by atoms with Gasteiger partial charge >= 0.3 is 0 Å². The van der Waals surface area contributed by atoms with E-state index in [-0.39, 0.29) is 18.3 Å². The fourth-order valence-electron chi connectivity index (χ4n) is 1.77. The maximum absolute atomic E-state index is 11.7. The van der Waals surface area contributed by atoms with Gasteiger partial charge in [-0.25, -0.2) is 0 Å². The molecule has 1 unspecified atom stereocenters. The molecule has 0 bridgehead atoms. The molecule has 5 heteroatoms. The topological polar surface area (TPSA) is 75.4 Å². The van der Waals surface area contributed by atoms with Gasteiger partial charge in [-0.15, -0.1) is 0 Å². The molecule has 0 aliphatic heterocycles. The Balaban J connectivity index is 2.43. The molecule has 0 saturated carbocycles. The van der Waals surface area contributed by atoms with Crippen LogP contribution in [0.1, 0.15) is 42.3 Å². The Kier molecular flexibility index (Phi) is 5.69. The minimum Gasteiger partial charge on any atom is -0.396 e. The number of nitrogens with one attached hydrogen (secondary N) is 1. The van der Waals surface area contributed by atoms with Crippen molar-refractivity contribution in [2.75, 3.05) is 13.2 Å². The average molecular weight is 240 g/mol. The van der Waals surface area contributed by atoms with Crippen molar-refractivity contribution in [2.45, 2.75) is 33.1 Å². The summed E-state index contributed by atoms with van der Waals surface area (Å²) in [4.78, 5) is 11.7. The maximum atomic E-state index is 11.7. The number of aromatic nitrogens is 1. The van der Waals surface area contributed by atoms with E-state index in [1.165, 1.54) is 6.20 Å². The van der Waals surface area contributed by atoms with Crippen molar-refractivity contribution in [3.63, 3.8) is 0 Å². The molecule has 0 radical (unpaired) electrons. The lowest BCUT2D eigenvalue weighted by molar-refractivity contribution is 0.0905. The summed E-state index contributed by atoms with van der Waals surface area (Å²) in [6.45, 7) is 4.59. The SMILES string of the molecule is CCCC(CCO)CNC(=O)c1oncc1C. The van der Waals surface area contributed by atoms with E-state index in [4.69, 9.17) is 9.63 Å². The van der Waals surface area contributed by atoms with Gasteiger partial charge in [-0.05, 0) is 25.7 Å². The average Bonchev–Trinajstić information content (AvgIpc) is 2.72. The van der Waals surface area contributed by atoms with E-state index >= 15 is 0 Å². The van der Waals surface area contributed by atoms with E-state index in [1.54, 1.807) is 6.92 Å². The molecule has 0 fully saturated rings. The van der Waals surface area contributed by atoms with E-state index in [0.29, 0.717) is 18.9 Å².